The molecule has 1 saturated heterocycles. The zero-order valence-electron chi connectivity index (χ0n) is 13.3. The number of hydrogen-bond donors (Lipinski definition) is 1. The highest BCUT2D eigenvalue weighted by Crippen LogP contribution is 2.18. The number of benzene rings is 1. The molecule has 0 unspecified atom stereocenters. The molecule has 0 spiro atoms. The summed E-state index contributed by atoms with van der Waals surface area (Å²) >= 11 is 1.39. The van der Waals surface area contributed by atoms with Gasteiger partial charge in [0.25, 0.3) is 5.91 Å². The Morgan fingerprint density at radius 3 is 2.71 bits per heavy atom. The Morgan fingerprint density at radius 1 is 1.25 bits per heavy atom. The molecule has 1 amide bonds. The first kappa shape index (κ1) is 17.0. The molecular weight excluding hydrogens is 329 g/mol. The molecule has 1 aromatic carbocycles. The normalized spacial score (nSPS) is 15.7. The van der Waals surface area contributed by atoms with Gasteiger partial charge < -0.3 is 10.0 Å². The van der Waals surface area contributed by atoms with Crippen LogP contribution in [0.25, 0.3) is 0 Å². The van der Waals surface area contributed by atoms with Crippen LogP contribution in [0, 0.1) is 5.82 Å². The summed E-state index contributed by atoms with van der Waals surface area (Å²) in [5, 5.41) is 11.4. The third kappa shape index (κ3) is 3.98. The Balaban J connectivity index is 1.61. The molecule has 24 heavy (non-hydrogen) atoms. The fourth-order valence-electron chi connectivity index (χ4n) is 2.77. The van der Waals surface area contributed by atoms with Crippen LogP contribution in [-0.4, -0.2) is 65.1 Å². The van der Waals surface area contributed by atoms with E-state index in [0.29, 0.717) is 37.3 Å². The summed E-state index contributed by atoms with van der Waals surface area (Å²) in [6.45, 7) is 3.58. The molecule has 1 aromatic heterocycles. The van der Waals surface area contributed by atoms with Crippen LogP contribution in [0.2, 0.25) is 0 Å². The minimum absolute atomic E-state index is 0.0744. The van der Waals surface area contributed by atoms with Crippen LogP contribution in [0.4, 0.5) is 4.39 Å². The number of aliphatic hydroxyl groups is 1. The Morgan fingerprint density at radius 2 is 2.00 bits per heavy atom. The van der Waals surface area contributed by atoms with E-state index >= 15 is 0 Å². The number of amides is 1. The molecule has 0 saturated carbocycles. The molecule has 3 rings (SSSR count). The lowest BCUT2D eigenvalue weighted by molar-refractivity contribution is 0.0610. The number of β-amino-alcohol motifs (C(OH)–C–C–N with tert-alkyl or cyclic N) is 1. The highest BCUT2D eigenvalue weighted by Gasteiger charge is 2.23. The maximum absolute atomic E-state index is 13.7. The second kappa shape index (κ2) is 7.83. The van der Waals surface area contributed by atoms with E-state index in [4.69, 9.17) is 5.11 Å². The maximum atomic E-state index is 13.7. The molecule has 0 radical (unpaired) electrons. The van der Waals surface area contributed by atoms with E-state index < -0.39 is 0 Å². The molecule has 0 bridgehead atoms. The van der Waals surface area contributed by atoms with E-state index in [1.165, 1.54) is 17.4 Å². The largest absolute Gasteiger partial charge is 0.395 e. The highest BCUT2D eigenvalue weighted by molar-refractivity contribution is 7.09. The molecule has 0 aliphatic carbocycles. The lowest BCUT2D eigenvalue weighted by Crippen LogP contribution is -2.49. The van der Waals surface area contributed by atoms with Crippen LogP contribution in [0.5, 0.6) is 0 Å². The van der Waals surface area contributed by atoms with Crippen molar-refractivity contribution in [3.8, 4) is 0 Å². The number of carbonyl (C=O) groups is 1. The minimum Gasteiger partial charge on any atom is -0.395 e. The lowest BCUT2D eigenvalue weighted by atomic mass is 10.1. The average Bonchev–Trinajstić information content (AvgIpc) is 3.06. The van der Waals surface area contributed by atoms with Crippen LogP contribution < -0.4 is 0 Å². The average molecular weight is 349 g/mol. The van der Waals surface area contributed by atoms with E-state index in [-0.39, 0.29) is 18.3 Å². The van der Waals surface area contributed by atoms with Crippen molar-refractivity contribution in [3.63, 3.8) is 0 Å². The zero-order chi connectivity index (χ0) is 16.9. The molecule has 0 atom stereocenters. The third-order valence-corrected chi connectivity index (χ3v) is 4.99. The lowest BCUT2D eigenvalue weighted by Gasteiger charge is -2.33. The first-order valence-electron chi connectivity index (χ1n) is 7.97. The first-order chi connectivity index (χ1) is 11.7. The number of nitrogens with zero attached hydrogens (tertiary/aromatic N) is 3. The van der Waals surface area contributed by atoms with E-state index in [1.54, 1.807) is 28.5 Å². The quantitative estimate of drug-likeness (QED) is 0.891. The number of aliphatic hydroxyl groups excluding tert-OH is 1. The maximum Gasteiger partial charge on any atom is 0.273 e. The van der Waals surface area contributed by atoms with Crippen LogP contribution >= 0.6 is 11.3 Å². The summed E-state index contributed by atoms with van der Waals surface area (Å²) in [4.78, 5) is 20.8. The zero-order valence-corrected chi connectivity index (χ0v) is 14.1. The molecule has 1 fully saturated rings. The number of piperazine rings is 1. The van der Waals surface area contributed by atoms with Gasteiger partial charge in [-0.05, 0) is 11.6 Å². The van der Waals surface area contributed by atoms with Crippen LogP contribution in [0.3, 0.4) is 0 Å². The van der Waals surface area contributed by atoms with Gasteiger partial charge in [-0.2, -0.15) is 0 Å². The second-order valence-electron chi connectivity index (χ2n) is 5.75. The fraction of sp³-hybridized carbons (Fsp3) is 0.412. The summed E-state index contributed by atoms with van der Waals surface area (Å²) < 4.78 is 13.7. The van der Waals surface area contributed by atoms with Gasteiger partial charge in [-0.25, -0.2) is 9.37 Å². The molecule has 1 aliphatic rings. The van der Waals surface area contributed by atoms with Gasteiger partial charge in [0, 0.05) is 44.5 Å². The Bertz CT molecular complexity index is 699. The summed E-state index contributed by atoms with van der Waals surface area (Å²) in [6.07, 6.45) is 0.398. The molecule has 5 nitrogen and oxygen atoms in total. The highest BCUT2D eigenvalue weighted by atomic mass is 32.1. The molecule has 1 aliphatic heterocycles. The Hall–Kier alpha value is -1.83. The molecule has 7 heteroatoms. The van der Waals surface area contributed by atoms with E-state index in [1.807, 2.05) is 0 Å². The summed E-state index contributed by atoms with van der Waals surface area (Å²) in [5.41, 5.74) is 1.02. The van der Waals surface area contributed by atoms with Gasteiger partial charge in [-0.15, -0.1) is 11.3 Å². The van der Waals surface area contributed by atoms with E-state index in [9.17, 15) is 9.18 Å². The van der Waals surface area contributed by atoms with Crippen LogP contribution in [0.1, 0.15) is 21.1 Å². The molecule has 2 aromatic rings. The SMILES string of the molecule is O=C(c1csc(Cc2ccccc2F)n1)N1CCN(CCO)CC1. The van der Waals surface area contributed by atoms with Crippen molar-refractivity contribution in [1.29, 1.82) is 0 Å². The number of hydrogen-bond acceptors (Lipinski definition) is 5. The number of rotatable bonds is 5. The van der Waals surface area contributed by atoms with E-state index in [0.717, 1.165) is 18.1 Å². The number of thiazole rings is 1. The molecule has 128 valence electrons. The summed E-state index contributed by atoms with van der Waals surface area (Å²) in [5.74, 6) is -0.324. The van der Waals surface area contributed by atoms with Gasteiger partial charge in [-0.3, -0.25) is 9.69 Å². The van der Waals surface area contributed by atoms with Crippen LogP contribution in [0.15, 0.2) is 29.6 Å². The topological polar surface area (TPSA) is 56.7 Å². The smallest absolute Gasteiger partial charge is 0.273 e. The van der Waals surface area contributed by atoms with E-state index in [2.05, 4.69) is 9.88 Å². The van der Waals surface area contributed by atoms with Crippen molar-refractivity contribution >= 4 is 17.2 Å². The van der Waals surface area contributed by atoms with Gasteiger partial charge in [0.15, 0.2) is 0 Å². The van der Waals surface area contributed by atoms with Crippen molar-refractivity contribution in [2.45, 2.75) is 6.42 Å². The number of carbonyl (C=O) groups excluding carboxylic acids is 1. The number of aromatic nitrogens is 1. The third-order valence-electron chi connectivity index (χ3n) is 4.15. The summed E-state index contributed by atoms with van der Waals surface area (Å²) in [6, 6.07) is 6.62. The fourth-order valence-corrected chi connectivity index (χ4v) is 3.56. The molecule has 2 heterocycles. The molecule has 1 N–H and O–H groups in total. The predicted molar refractivity (Wildman–Crippen MR) is 90.7 cm³/mol. The minimum atomic E-state index is -0.249. The van der Waals surface area contributed by atoms with Gasteiger partial charge in [-0.1, -0.05) is 18.2 Å². The Kier molecular flexibility index (Phi) is 5.55. The van der Waals surface area contributed by atoms with Crippen molar-refractivity contribution in [2.24, 2.45) is 0 Å². The summed E-state index contributed by atoms with van der Waals surface area (Å²) in [7, 11) is 0. The monoisotopic (exact) mass is 349 g/mol. The van der Waals surface area contributed by atoms with Crippen molar-refractivity contribution in [3.05, 3.63) is 51.7 Å². The predicted octanol–water partition coefficient (Wildman–Crippen LogP) is 1.62. The Labute approximate surface area is 144 Å². The number of halogens is 1. The van der Waals surface area contributed by atoms with Crippen molar-refractivity contribution in [2.75, 3.05) is 39.3 Å². The van der Waals surface area contributed by atoms with Crippen molar-refractivity contribution in [1.82, 2.24) is 14.8 Å². The second-order valence-corrected chi connectivity index (χ2v) is 6.69. The van der Waals surface area contributed by atoms with Gasteiger partial charge in [0.1, 0.15) is 11.5 Å². The van der Waals surface area contributed by atoms with Crippen LogP contribution in [-0.2, 0) is 6.42 Å². The van der Waals surface area contributed by atoms with Gasteiger partial charge in [0.2, 0.25) is 0 Å². The first-order valence-corrected chi connectivity index (χ1v) is 8.85. The van der Waals surface area contributed by atoms with Gasteiger partial charge >= 0.3 is 0 Å². The van der Waals surface area contributed by atoms with Crippen molar-refractivity contribution < 1.29 is 14.3 Å². The standard InChI is InChI=1S/C17H20FN3O2S/c18-14-4-2-1-3-13(14)11-16-19-15(12-24-16)17(23)21-7-5-20(6-8-21)9-10-22/h1-4,12,22H,5-11H2. The van der Waals surface area contributed by atoms with Gasteiger partial charge in [0.05, 0.1) is 11.6 Å². The molecular formula is C17H20FN3O2S.